The van der Waals surface area contributed by atoms with Crippen LogP contribution >= 0.6 is 11.3 Å². The van der Waals surface area contributed by atoms with E-state index in [1.54, 1.807) is 22.6 Å². The first-order valence-electron chi connectivity index (χ1n) is 11.7. The molecule has 0 unspecified atom stereocenters. The molecule has 0 saturated carbocycles. The number of para-hydroxylation sites is 2. The molecule has 0 bridgehead atoms. The van der Waals surface area contributed by atoms with Gasteiger partial charge in [-0.1, -0.05) is 41.7 Å². The van der Waals surface area contributed by atoms with E-state index in [0.717, 1.165) is 22.2 Å². The molecule has 0 saturated heterocycles. The van der Waals surface area contributed by atoms with Crippen molar-refractivity contribution in [1.82, 2.24) is 9.38 Å². The zero-order chi connectivity index (χ0) is 25.9. The van der Waals surface area contributed by atoms with Crippen molar-refractivity contribution in [1.29, 1.82) is 0 Å². The molecule has 37 heavy (non-hydrogen) atoms. The first-order valence-corrected chi connectivity index (χ1v) is 12.5. The molecule has 0 aliphatic carbocycles. The Morgan fingerprint density at radius 1 is 1.14 bits per heavy atom. The van der Waals surface area contributed by atoms with Crippen LogP contribution in [0, 0.1) is 10.1 Å². The second-order valence-corrected chi connectivity index (χ2v) is 9.29. The average molecular weight is 514 g/mol. The fourth-order valence-electron chi connectivity index (χ4n) is 4.18. The maximum atomic E-state index is 13.2. The Morgan fingerprint density at radius 3 is 2.76 bits per heavy atom. The molecule has 0 radical (unpaired) electrons. The van der Waals surface area contributed by atoms with Crippen molar-refractivity contribution < 1.29 is 14.4 Å². The molecule has 0 amide bonds. The van der Waals surface area contributed by atoms with E-state index in [0.29, 0.717) is 39.6 Å². The number of imidazole rings is 1. The number of allylic oxidation sites excluding steroid dienone is 1. The second kappa shape index (κ2) is 10.2. The number of nitrogens with zero attached hydrogens (tertiary/aromatic N) is 3. The summed E-state index contributed by atoms with van der Waals surface area (Å²) in [7, 11) is 0. The third-order valence-corrected chi connectivity index (χ3v) is 6.73. The van der Waals surface area contributed by atoms with Gasteiger partial charge < -0.3 is 9.47 Å². The van der Waals surface area contributed by atoms with Crippen LogP contribution in [0.3, 0.4) is 0 Å². The van der Waals surface area contributed by atoms with Crippen molar-refractivity contribution in [3.05, 3.63) is 115 Å². The van der Waals surface area contributed by atoms with Crippen LogP contribution in [0.1, 0.15) is 23.6 Å². The zero-order valence-corrected chi connectivity index (χ0v) is 20.9. The SMILES string of the molecule is C=CCc1cc(/C=c2/sc3nc4ccccc4n3c2=O)cc(OCC)c1OCc1cccc([N+](=O)[O-])c1. The Hall–Kier alpha value is -4.50. The normalized spacial score (nSPS) is 11.8. The van der Waals surface area contributed by atoms with Gasteiger partial charge in [0.2, 0.25) is 0 Å². The maximum Gasteiger partial charge on any atom is 0.274 e. The molecule has 0 spiro atoms. The Bertz CT molecular complexity index is 1760. The summed E-state index contributed by atoms with van der Waals surface area (Å²) in [5.41, 5.74) is 3.74. The molecule has 5 rings (SSSR count). The minimum atomic E-state index is -0.433. The smallest absolute Gasteiger partial charge is 0.274 e. The van der Waals surface area contributed by atoms with E-state index in [1.807, 2.05) is 49.4 Å². The fraction of sp³-hybridized carbons (Fsp3) is 0.143. The Morgan fingerprint density at radius 2 is 1.97 bits per heavy atom. The van der Waals surface area contributed by atoms with Crippen LogP contribution in [0.2, 0.25) is 0 Å². The van der Waals surface area contributed by atoms with Gasteiger partial charge in [-0.2, -0.15) is 0 Å². The van der Waals surface area contributed by atoms with Crippen LogP contribution in [0.15, 0.2) is 78.1 Å². The van der Waals surface area contributed by atoms with Crippen LogP contribution in [-0.2, 0) is 13.0 Å². The van der Waals surface area contributed by atoms with Crippen LogP contribution in [0.5, 0.6) is 11.5 Å². The lowest BCUT2D eigenvalue weighted by Crippen LogP contribution is -2.22. The molecule has 0 aliphatic rings. The zero-order valence-electron chi connectivity index (χ0n) is 20.0. The van der Waals surface area contributed by atoms with Crippen molar-refractivity contribution in [2.45, 2.75) is 20.0 Å². The van der Waals surface area contributed by atoms with Gasteiger partial charge in [-0.05, 0) is 54.8 Å². The average Bonchev–Trinajstić information content (AvgIpc) is 3.40. The topological polar surface area (TPSA) is 96.0 Å². The standard InChI is InChI=1S/C28H23N3O5S/c1-3-8-20-13-19(16-25-27(32)30-23-12-6-5-11-22(23)29-28(30)37-25)15-24(35-4-2)26(20)36-17-18-9-7-10-21(14-18)31(33)34/h3,5-7,9-16H,1,4,8,17H2,2H3/b25-16+. The molecule has 0 atom stereocenters. The van der Waals surface area contributed by atoms with Crippen LogP contribution in [0.25, 0.3) is 22.1 Å². The van der Waals surface area contributed by atoms with E-state index < -0.39 is 4.92 Å². The van der Waals surface area contributed by atoms with E-state index in [-0.39, 0.29) is 17.9 Å². The van der Waals surface area contributed by atoms with Crippen LogP contribution in [-0.4, -0.2) is 20.9 Å². The highest BCUT2D eigenvalue weighted by Crippen LogP contribution is 2.35. The van der Waals surface area contributed by atoms with Gasteiger partial charge in [-0.15, -0.1) is 6.58 Å². The highest BCUT2D eigenvalue weighted by Gasteiger charge is 2.15. The Labute approximate surface area is 215 Å². The second-order valence-electron chi connectivity index (χ2n) is 8.28. The number of rotatable bonds is 9. The summed E-state index contributed by atoms with van der Waals surface area (Å²) in [5, 5.41) is 11.1. The summed E-state index contributed by atoms with van der Waals surface area (Å²) in [6.07, 6.45) is 4.10. The molecule has 0 aliphatic heterocycles. The Kier molecular flexibility index (Phi) is 6.70. The lowest BCUT2D eigenvalue weighted by molar-refractivity contribution is -0.384. The number of aromatic nitrogens is 2. The maximum absolute atomic E-state index is 13.2. The molecule has 3 aromatic carbocycles. The number of fused-ring (bicyclic) bond motifs is 3. The molecule has 0 N–H and O–H groups in total. The van der Waals surface area contributed by atoms with E-state index in [9.17, 15) is 14.9 Å². The monoisotopic (exact) mass is 513 g/mol. The van der Waals surface area contributed by atoms with Gasteiger partial charge in [-0.25, -0.2) is 9.38 Å². The highest BCUT2D eigenvalue weighted by molar-refractivity contribution is 7.15. The Balaban J connectivity index is 1.55. The van der Waals surface area contributed by atoms with E-state index in [4.69, 9.17) is 9.47 Å². The van der Waals surface area contributed by atoms with E-state index in [2.05, 4.69) is 11.6 Å². The summed E-state index contributed by atoms with van der Waals surface area (Å²) in [6, 6.07) is 17.7. The molecule has 0 fully saturated rings. The fourth-order valence-corrected chi connectivity index (χ4v) is 5.17. The molecule has 2 aromatic heterocycles. The largest absolute Gasteiger partial charge is 0.490 e. The van der Waals surface area contributed by atoms with Crippen molar-refractivity contribution in [3.63, 3.8) is 0 Å². The number of non-ortho nitro benzene ring substituents is 1. The summed E-state index contributed by atoms with van der Waals surface area (Å²) >= 11 is 1.33. The molecule has 8 nitrogen and oxygen atoms in total. The number of hydrogen-bond donors (Lipinski definition) is 0. The predicted octanol–water partition coefficient (Wildman–Crippen LogP) is 5.07. The highest BCUT2D eigenvalue weighted by atomic mass is 32.1. The number of benzene rings is 3. The number of ether oxygens (including phenoxy) is 2. The quantitative estimate of drug-likeness (QED) is 0.155. The van der Waals surface area contributed by atoms with Gasteiger partial charge in [-0.3, -0.25) is 14.9 Å². The van der Waals surface area contributed by atoms with Crippen molar-refractivity contribution in [2.75, 3.05) is 6.61 Å². The lowest BCUT2D eigenvalue weighted by atomic mass is 10.1. The van der Waals surface area contributed by atoms with Gasteiger partial charge in [0.05, 0.1) is 27.1 Å². The van der Waals surface area contributed by atoms with Gasteiger partial charge in [0.25, 0.3) is 11.2 Å². The molecule has 2 heterocycles. The first-order chi connectivity index (χ1) is 18.0. The van der Waals surface area contributed by atoms with Gasteiger partial charge in [0.15, 0.2) is 16.5 Å². The third-order valence-electron chi connectivity index (χ3n) is 5.77. The summed E-state index contributed by atoms with van der Waals surface area (Å²) in [4.78, 5) is 29.1. The minimum Gasteiger partial charge on any atom is -0.490 e. The predicted molar refractivity (Wildman–Crippen MR) is 145 cm³/mol. The summed E-state index contributed by atoms with van der Waals surface area (Å²) < 4.78 is 14.2. The van der Waals surface area contributed by atoms with Crippen LogP contribution < -0.4 is 19.6 Å². The van der Waals surface area contributed by atoms with Gasteiger partial charge >= 0.3 is 0 Å². The number of nitro benzene ring substituents is 1. The molecule has 5 aromatic rings. The molecular weight excluding hydrogens is 490 g/mol. The first kappa shape index (κ1) is 24.2. The van der Waals surface area contributed by atoms with Crippen molar-refractivity contribution in [3.8, 4) is 11.5 Å². The number of thiazole rings is 1. The molecule has 186 valence electrons. The summed E-state index contributed by atoms with van der Waals surface area (Å²) in [6.45, 7) is 6.28. The van der Waals surface area contributed by atoms with Crippen LogP contribution in [0.4, 0.5) is 5.69 Å². The van der Waals surface area contributed by atoms with Crippen molar-refractivity contribution in [2.24, 2.45) is 0 Å². The number of hydrogen-bond acceptors (Lipinski definition) is 7. The third kappa shape index (κ3) is 4.81. The summed E-state index contributed by atoms with van der Waals surface area (Å²) in [5.74, 6) is 1.07. The van der Waals surface area contributed by atoms with Crippen molar-refractivity contribution >= 4 is 39.1 Å². The number of nitro groups is 1. The van der Waals surface area contributed by atoms with Gasteiger partial charge in [0.1, 0.15) is 6.61 Å². The lowest BCUT2D eigenvalue weighted by Gasteiger charge is -2.17. The molecule has 9 heteroatoms. The van der Waals surface area contributed by atoms with E-state index in [1.165, 1.54) is 23.5 Å². The minimum absolute atomic E-state index is 0.00545. The molecular formula is C28H23N3O5S. The van der Waals surface area contributed by atoms with E-state index >= 15 is 0 Å². The van der Waals surface area contributed by atoms with Gasteiger partial charge in [0, 0.05) is 17.7 Å².